The minimum absolute atomic E-state index is 0.157. The fraction of sp³-hybridized carbons (Fsp3) is 0.281. The van der Waals surface area contributed by atoms with Crippen LogP contribution in [0, 0.1) is 17.0 Å². The number of pyridine rings is 1. The minimum Gasteiger partial charge on any atom is -0.381 e. The first-order valence-corrected chi connectivity index (χ1v) is 15.7. The molecular formula is C32H27BrF2N4O3S. The Hall–Kier alpha value is -3.67. The van der Waals surface area contributed by atoms with Crippen molar-refractivity contribution in [2.75, 3.05) is 48.0 Å². The van der Waals surface area contributed by atoms with E-state index in [4.69, 9.17) is 4.74 Å². The maximum atomic E-state index is 14.4. The smallest absolute Gasteiger partial charge is 0.259 e. The van der Waals surface area contributed by atoms with Crippen molar-refractivity contribution in [3.8, 4) is 10.4 Å². The van der Waals surface area contributed by atoms with Crippen molar-refractivity contribution in [1.82, 2.24) is 4.98 Å². The number of nitrogens with one attached hydrogen (secondary N) is 1. The Labute approximate surface area is 259 Å². The van der Waals surface area contributed by atoms with E-state index >= 15 is 0 Å². The average Bonchev–Trinajstić information content (AvgIpc) is 3.30. The van der Waals surface area contributed by atoms with Crippen molar-refractivity contribution in [2.24, 2.45) is 5.41 Å². The molecule has 0 saturated carbocycles. The molecule has 0 aliphatic carbocycles. The van der Waals surface area contributed by atoms with E-state index in [0.29, 0.717) is 35.7 Å². The summed E-state index contributed by atoms with van der Waals surface area (Å²) >= 11 is 5.11. The van der Waals surface area contributed by atoms with Gasteiger partial charge in [-0.15, -0.1) is 11.3 Å². The largest absolute Gasteiger partial charge is 0.381 e. The lowest BCUT2D eigenvalue weighted by Gasteiger charge is -2.53. The van der Waals surface area contributed by atoms with E-state index in [2.05, 4.69) is 26.2 Å². The van der Waals surface area contributed by atoms with Gasteiger partial charge >= 0.3 is 0 Å². The summed E-state index contributed by atoms with van der Waals surface area (Å²) < 4.78 is 35.0. The lowest BCUT2D eigenvalue weighted by molar-refractivity contribution is -0.000514. The lowest BCUT2D eigenvalue weighted by atomic mass is 9.73. The number of hydrogen-bond donors (Lipinski definition) is 1. The predicted octanol–water partition coefficient (Wildman–Crippen LogP) is 6.92. The molecule has 2 amide bonds. The summed E-state index contributed by atoms with van der Waals surface area (Å²) in [5, 5.41) is 2.82. The molecular weight excluding hydrogens is 638 g/mol. The number of rotatable bonds is 4. The molecule has 1 N–H and O–H groups in total. The van der Waals surface area contributed by atoms with Gasteiger partial charge < -0.3 is 19.9 Å². The van der Waals surface area contributed by atoms with Crippen LogP contribution in [-0.4, -0.2) is 49.6 Å². The second kappa shape index (κ2) is 11.1. The van der Waals surface area contributed by atoms with Crippen LogP contribution in [0.2, 0.25) is 0 Å². The monoisotopic (exact) mass is 664 g/mol. The Balaban J connectivity index is 1.09. The predicted molar refractivity (Wildman–Crippen MR) is 166 cm³/mol. The summed E-state index contributed by atoms with van der Waals surface area (Å²) in [7, 11) is 0. The third-order valence-electron chi connectivity index (χ3n) is 8.50. The highest BCUT2D eigenvalue weighted by molar-refractivity contribution is 9.11. The topological polar surface area (TPSA) is 74.8 Å². The number of carbonyl (C=O) groups excluding carboxylic acids is 2. The molecule has 2 aromatic heterocycles. The van der Waals surface area contributed by atoms with Crippen LogP contribution in [0.15, 0.2) is 64.6 Å². The SMILES string of the molecule is O=C(Nc1ccc(C(=O)N2CCc3cc(Br)sc3-c3ccc(F)cc32)cc1)c1cc(F)cnc1N1CC2(CCOCC2)C1. The summed E-state index contributed by atoms with van der Waals surface area (Å²) in [5.41, 5.74) is 3.61. The number of halogens is 3. The number of carbonyl (C=O) groups is 2. The zero-order chi connectivity index (χ0) is 29.7. The van der Waals surface area contributed by atoms with E-state index < -0.39 is 17.5 Å². The Kier molecular flexibility index (Phi) is 7.27. The van der Waals surface area contributed by atoms with Gasteiger partial charge in [-0.2, -0.15) is 0 Å². The number of anilines is 3. The van der Waals surface area contributed by atoms with Crippen molar-refractivity contribution < 1.29 is 23.1 Å². The number of thiophene rings is 1. The molecule has 11 heteroatoms. The Morgan fingerprint density at radius 2 is 1.77 bits per heavy atom. The van der Waals surface area contributed by atoms with Crippen molar-refractivity contribution in [2.45, 2.75) is 19.3 Å². The molecule has 2 saturated heterocycles. The van der Waals surface area contributed by atoms with Crippen LogP contribution in [0.4, 0.5) is 26.0 Å². The highest BCUT2D eigenvalue weighted by Gasteiger charge is 2.45. The van der Waals surface area contributed by atoms with Gasteiger partial charge in [0.2, 0.25) is 0 Å². The van der Waals surface area contributed by atoms with Crippen LogP contribution in [0.3, 0.4) is 0 Å². The van der Waals surface area contributed by atoms with E-state index in [9.17, 15) is 18.4 Å². The van der Waals surface area contributed by atoms with Gasteiger partial charge in [0.05, 0.1) is 21.2 Å². The Bertz CT molecular complexity index is 1730. The molecule has 43 heavy (non-hydrogen) atoms. The standard InChI is InChI=1S/C32H27BrF2N4O3S/c33-27-13-20-7-10-39(26-15-21(34)3-6-24(26)28(20)43-27)31(41)19-1-4-23(5-2-19)37-30(40)25-14-22(35)16-36-29(25)38-17-32(18-38)8-11-42-12-9-32/h1-6,13-16H,7-12,17-18H2,(H,37,40). The van der Waals surface area contributed by atoms with E-state index in [0.717, 1.165) is 65.1 Å². The van der Waals surface area contributed by atoms with Gasteiger partial charge in [-0.05, 0) is 95.4 Å². The fourth-order valence-electron chi connectivity index (χ4n) is 6.23. The molecule has 220 valence electrons. The number of hydrogen-bond acceptors (Lipinski definition) is 6. The van der Waals surface area contributed by atoms with Crippen molar-refractivity contribution >= 4 is 56.3 Å². The summed E-state index contributed by atoms with van der Waals surface area (Å²) in [4.78, 5) is 35.9. The van der Waals surface area contributed by atoms with Crippen LogP contribution >= 0.6 is 27.3 Å². The van der Waals surface area contributed by atoms with Crippen molar-refractivity contribution in [3.05, 3.63) is 92.9 Å². The normalized spacial score (nSPS) is 17.1. The van der Waals surface area contributed by atoms with Crippen molar-refractivity contribution in [3.63, 3.8) is 0 Å². The maximum Gasteiger partial charge on any atom is 0.259 e. The molecule has 0 bridgehead atoms. The third-order valence-corrected chi connectivity index (χ3v) is 10.2. The van der Waals surface area contributed by atoms with Crippen LogP contribution in [-0.2, 0) is 11.2 Å². The molecule has 7 rings (SSSR count). The second-order valence-corrected chi connectivity index (χ2v) is 13.7. The molecule has 5 heterocycles. The number of aromatic nitrogens is 1. The number of ether oxygens (including phenoxy) is 1. The van der Waals surface area contributed by atoms with E-state index in [1.54, 1.807) is 46.6 Å². The summed E-state index contributed by atoms with van der Waals surface area (Å²) in [6, 6.07) is 14.3. The van der Waals surface area contributed by atoms with Gasteiger partial charge in [-0.25, -0.2) is 13.8 Å². The van der Waals surface area contributed by atoms with E-state index in [1.807, 2.05) is 11.0 Å². The number of benzene rings is 2. The number of nitrogens with zero attached hydrogens (tertiary/aromatic N) is 3. The fourth-order valence-corrected chi connectivity index (χ4v) is 7.96. The average molecular weight is 666 g/mol. The van der Waals surface area contributed by atoms with Crippen LogP contribution in [0.1, 0.15) is 39.1 Å². The van der Waals surface area contributed by atoms with Gasteiger partial charge in [0.15, 0.2) is 0 Å². The maximum absolute atomic E-state index is 14.4. The lowest BCUT2D eigenvalue weighted by Crippen LogP contribution is -2.59. The first kappa shape index (κ1) is 28.1. The molecule has 3 aliphatic heterocycles. The molecule has 0 unspecified atom stereocenters. The highest BCUT2D eigenvalue weighted by Crippen LogP contribution is 2.44. The van der Waals surface area contributed by atoms with Gasteiger partial charge in [0.25, 0.3) is 11.8 Å². The van der Waals surface area contributed by atoms with Crippen LogP contribution < -0.4 is 15.1 Å². The van der Waals surface area contributed by atoms with E-state index in [1.165, 1.54) is 18.2 Å². The molecule has 3 aliphatic rings. The molecule has 1 spiro atoms. The minimum atomic E-state index is -0.591. The Morgan fingerprint density at radius 1 is 1.00 bits per heavy atom. The second-order valence-electron chi connectivity index (χ2n) is 11.3. The molecule has 7 nitrogen and oxygen atoms in total. The molecule has 0 atom stereocenters. The van der Waals surface area contributed by atoms with Crippen molar-refractivity contribution in [1.29, 1.82) is 0 Å². The van der Waals surface area contributed by atoms with Gasteiger partial charge in [0, 0.05) is 60.0 Å². The number of amides is 2. The molecule has 0 radical (unpaired) electrons. The van der Waals surface area contributed by atoms with Gasteiger partial charge in [-0.1, -0.05) is 0 Å². The zero-order valence-electron chi connectivity index (χ0n) is 23.0. The summed E-state index contributed by atoms with van der Waals surface area (Å²) in [5.74, 6) is -1.30. The van der Waals surface area contributed by atoms with Gasteiger partial charge in [-0.3, -0.25) is 9.59 Å². The van der Waals surface area contributed by atoms with Crippen LogP contribution in [0.5, 0.6) is 0 Å². The first-order chi connectivity index (χ1) is 20.8. The molecule has 4 aromatic rings. The quantitative estimate of drug-likeness (QED) is 0.256. The van der Waals surface area contributed by atoms with E-state index in [-0.39, 0.29) is 16.9 Å². The Morgan fingerprint density at radius 3 is 2.53 bits per heavy atom. The van der Waals surface area contributed by atoms with Gasteiger partial charge in [0.1, 0.15) is 17.5 Å². The zero-order valence-corrected chi connectivity index (χ0v) is 25.4. The molecule has 2 aromatic carbocycles. The third kappa shape index (κ3) is 5.34. The molecule has 2 fully saturated rings. The highest BCUT2D eigenvalue weighted by atomic mass is 79.9. The van der Waals surface area contributed by atoms with Crippen LogP contribution in [0.25, 0.3) is 10.4 Å². The number of fused-ring (bicyclic) bond motifs is 3. The first-order valence-electron chi connectivity index (χ1n) is 14.1. The summed E-state index contributed by atoms with van der Waals surface area (Å²) in [6.45, 7) is 3.35. The summed E-state index contributed by atoms with van der Waals surface area (Å²) in [6.07, 6.45) is 3.68.